The summed E-state index contributed by atoms with van der Waals surface area (Å²) in [6.07, 6.45) is 5.17. The molecule has 0 heterocycles. The Hall–Kier alpha value is -0.570. The van der Waals surface area contributed by atoms with Gasteiger partial charge in [-0.25, -0.2) is 0 Å². The lowest BCUT2D eigenvalue weighted by Crippen LogP contribution is -2.43. The number of methoxy groups -OCH3 is 1. The summed E-state index contributed by atoms with van der Waals surface area (Å²) in [4.78, 5) is 11.9. The molecule has 4 atom stereocenters. The lowest BCUT2D eigenvalue weighted by molar-refractivity contribution is -0.148. The first kappa shape index (κ1) is 9.64. The van der Waals surface area contributed by atoms with Crippen LogP contribution >= 0.6 is 0 Å². The van der Waals surface area contributed by atoms with Crippen molar-refractivity contribution < 1.29 is 9.53 Å². The highest BCUT2D eigenvalue weighted by molar-refractivity contribution is 5.83. The summed E-state index contributed by atoms with van der Waals surface area (Å²) in [5, 5.41) is 0. The molecule has 3 rings (SSSR count). The second kappa shape index (κ2) is 2.40. The van der Waals surface area contributed by atoms with E-state index in [-0.39, 0.29) is 22.3 Å². The Morgan fingerprint density at radius 1 is 1.33 bits per heavy atom. The van der Waals surface area contributed by atoms with Crippen LogP contribution in [-0.2, 0) is 9.53 Å². The van der Waals surface area contributed by atoms with Gasteiger partial charge in [0.1, 0.15) is 0 Å². The lowest BCUT2D eigenvalue weighted by Gasteiger charge is -2.36. The normalized spacial score (nSPS) is 56.1. The van der Waals surface area contributed by atoms with E-state index in [9.17, 15) is 4.79 Å². The summed E-state index contributed by atoms with van der Waals surface area (Å²) in [6, 6.07) is 0. The van der Waals surface area contributed by atoms with Gasteiger partial charge in [0.15, 0.2) is 0 Å². The topological polar surface area (TPSA) is 52.3 Å². The van der Waals surface area contributed by atoms with Gasteiger partial charge in [-0.05, 0) is 43.4 Å². The first-order chi connectivity index (χ1) is 6.95. The maximum Gasteiger partial charge on any atom is 0.312 e. The largest absolute Gasteiger partial charge is 0.469 e. The van der Waals surface area contributed by atoms with Gasteiger partial charge in [-0.15, -0.1) is 0 Å². The molecule has 0 aromatic rings. The average Bonchev–Trinajstić information content (AvgIpc) is 2.62. The van der Waals surface area contributed by atoms with Crippen LogP contribution in [0.15, 0.2) is 0 Å². The van der Waals surface area contributed by atoms with E-state index < -0.39 is 0 Å². The van der Waals surface area contributed by atoms with Gasteiger partial charge < -0.3 is 10.5 Å². The van der Waals surface area contributed by atoms with Crippen LogP contribution in [-0.4, -0.2) is 18.6 Å². The zero-order chi connectivity index (χ0) is 10.9. The molecule has 3 heteroatoms. The van der Waals surface area contributed by atoms with E-state index in [2.05, 4.69) is 6.92 Å². The molecule has 2 N–H and O–H groups in total. The molecule has 0 saturated heterocycles. The van der Waals surface area contributed by atoms with Crippen molar-refractivity contribution in [1.82, 2.24) is 0 Å². The van der Waals surface area contributed by atoms with Crippen molar-refractivity contribution >= 4 is 5.97 Å². The van der Waals surface area contributed by atoms with Crippen LogP contribution in [0, 0.1) is 16.7 Å². The summed E-state index contributed by atoms with van der Waals surface area (Å²) in [5.41, 5.74) is 6.32. The molecule has 15 heavy (non-hydrogen) atoms. The Morgan fingerprint density at radius 3 is 2.73 bits per heavy atom. The van der Waals surface area contributed by atoms with Crippen molar-refractivity contribution in [2.75, 3.05) is 7.11 Å². The molecule has 3 saturated carbocycles. The molecular weight excluding hydrogens is 190 g/mol. The molecule has 0 amide bonds. The molecule has 0 aliphatic heterocycles. The van der Waals surface area contributed by atoms with E-state index >= 15 is 0 Å². The maximum atomic E-state index is 11.9. The standard InChI is InChI=1S/C12H19NO2/c1-8-3-10-5-11(13,4-8)7-12(10,6-10)9(14)15-2/h8H,3-7,13H2,1-2H3. The first-order valence-corrected chi connectivity index (χ1v) is 5.83. The van der Waals surface area contributed by atoms with E-state index in [1.54, 1.807) is 0 Å². The second-order valence-electron chi connectivity index (χ2n) is 6.26. The minimum absolute atomic E-state index is 0.0103. The Kier molecular flexibility index (Phi) is 1.54. The van der Waals surface area contributed by atoms with Gasteiger partial charge in [-0.3, -0.25) is 4.79 Å². The molecule has 3 nitrogen and oxygen atoms in total. The van der Waals surface area contributed by atoms with Crippen LogP contribution in [0.2, 0.25) is 0 Å². The third-order valence-electron chi connectivity index (χ3n) is 4.94. The van der Waals surface area contributed by atoms with Crippen LogP contribution in [0.1, 0.15) is 39.0 Å². The van der Waals surface area contributed by atoms with Crippen molar-refractivity contribution in [2.24, 2.45) is 22.5 Å². The summed E-state index contributed by atoms with van der Waals surface area (Å²) >= 11 is 0. The number of ether oxygens (including phenoxy) is 1. The molecule has 84 valence electrons. The van der Waals surface area contributed by atoms with Crippen LogP contribution in [0.3, 0.4) is 0 Å². The Balaban J connectivity index is 1.96. The smallest absolute Gasteiger partial charge is 0.312 e. The minimum atomic E-state index is -0.193. The number of esters is 1. The first-order valence-electron chi connectivity index (χ1n) is 5.83. The number of carbonyl (C=O) groups excluding carboxylic acids is 1. The van der Waals surface area contributed by atoms with Crippen LogP contribution in [0.5, 0.6) is 0 Å². The highest BCUT2D eigenvalue weighted by Gasteiger charge is 2.80. The molecule has 3 aliphatic carbocycles. The lowest BCUT2D eigenvalue weighted by atomic mass is 9.73. The predicted molar refractivity (Wildman–Crippen MR) is 56.0 cm³/mol. The quantitative estimate of drug-likeness (QED) is 0.665. The molecule has 4 unspecified atom stereocenters. The fraction of sp³-hybridized carbons (Fsp3) is 0.917. The highest BCUT2D eigenvalue weighted by Crippen LogP contribution is 2.80. The molecule has 0 aromatic carbocycles. The van der Waals surface area contributed by atoms with Crippen LogP contribution in [0.25, 0.3) is 0 Å². The van der Waals surface area contributed by atoms with E-state index in [0.717, 1.165) is 25.7 Å². The van der Waals surface area contributed by atoms with Gasteiger partial charge in [0, 0.05) is 5.54 Å². The van der Waals surface area contributed by atoms with Crippen molar-refractivity contribution in [3.63, 3.8) is 0 Å². The fourth-order valence-electron chi connectivity index (χ4n) is 4.83. The minimum Gasteiger partial charge on any atom is -0.469 e. The van der Waals surface area contributed by atoms with E-state index in [4.69, 9.17) is 10.5 Å². The summed E-state index contributed by atoms with van der Waals surface area (Å²) in [5.74, 6) is 0.654. The Morgan fingerprint density at radius 2 is 2.07 bits per heavy atom. The second-order valence-corrected chi connectivity index (χ2v) is 6.26. The Labute approximate surface area is 90.4 Å². The zero-order valence-electron chi connectivity index (χ0n) is 9.51. The molecule has 3 aliphatic rings. The number of fused-ring (bicyclic) bond motifs is 1. The molecule has 2 bridgehead atoms. The van der Waals surface area contributed by atoms with Crippen LogP contribution in [0.4, 0.5) is 0 Å². The predicted octanol–water partition coefficient (Wildman–Crippen LogP) is 1.46. The molecule has 0 aromatic heterocycles. The molecule has 3 fully saturated rings. The summed E-state index contributed by atoms with van der Waals surface area (Å²) < 4.78 is 4.97. The zero-order valence-corrected chi connectivity index (χ0v) is 9.51. The summed E-state index contributed by atoms with van der Waals surface area (Å²) in [6.45, 7) is 2.26. The van der Waals surface area contributed by atoms with Crippen LogP contribution < -0.4 is 5.73 Å². The van der Waals surface area contributed by atoms with Gasteiger partial charge in [-0.2, -0.15) is 0 Å². The number of hydrogen-bond acceptors (Lipinski definition) is 3. The van der Waals surface area contributed by atoms with Crippen molar-refractivity contribution in [3.8, 4) is 0 Å². The average molecular weight is 209 g/mol. The van der Waals surface area contributed by atoms with Gasteiger partial charge in [0.2, 0.25) is 0 Å². The van der Waals surface area contributed by atoms with E-state index in [1.807, 2.05) is 0 Å². The van der Waals surface area contributed by atoms with E-state index in [0.29, 0.717) is 5.92 Å². The monoisotopic (exact) mass is 209 g/mol. The fourth-order valence-corrected chi connectivity index (χ4v) is 4.83. The summed E-state index contributed by atoms with van der Waals surface area (Å²) in [7, 11) is 1.50. The number of hydrogen-bond donors (Lipinski definition) is 1. The van der Waals surface area contributed by atoms with Crippen molar-refractivity contribution in [3.05, 3.63) is 0 Å². The number of nitrogens with two attached hydrogens (primary N) is 1. The number of carbonyl (C=O) groups is 1. The van der Waals surface area contributed by atoms with E-state index in [1.165, 1.54) is 13.5 Å². The van der Waals surface area contributed by atoms with Gasteiger partial charge in [-0.1, -0.05) is 6.92 Å². The number of rotatable bonds is 1. The SMILES string of the molecule is COC(=O)C12CC3(N)CC(C)CC1(C3)C2. The molecule has 0 radical (unpaired) electrons. The molecule has 1 spiro atoms. The highest BCUT2D eigenvalue weighted by atomic mass is 16.5. The third-order valence-corrected chi connectivity index (χ3v) is 4.94. The van der Waals surface area contributed by atoms with Gasteiger partial charge in [0.25, 0.3) is 0 Å². The third kappa shape index (κ3) is 0.975. The van der Waals surface area contributed by atoms with Crippen molar-refractivity contribution in [1.29, 1.82) is 0 Å². The Bertz CT molecular complexity index is 343. The van der Waals surface area contributed by atoms with Gasteiger partial charge >= 0.3 is 5.97 Å². The maximum absolute atomic E-state index is 11.9. The molecular formula is C12H19NO2. The van der Waals surface area contributed by atoms with Gasteiger partial charge in [0.05, 0.1) is 12.5 Å². The van der Waals surface area contributed by atoms with Crippen molar-refractivity contribution in [2.45, 2.75) is 44.6 Å².